The van der Waals surface area contributed by atoms with Crippen molar-refractivity contribution in [2.24, 2.45) is 5.92 Å². The van der Waals surface area contributed by atoms with Crippen molar-refractivity contribution in [2.75, 3.05) is 14.2 Å². The highest BCUT2D eigenvalue weighted by Crippen LogP contribution is 2.51. The summed E-state index contributed by atoms with van der Waals surface area (Å²) in [5.74, 6) is -0.143. The average molecular weight is 426 g/mol. The second kappa shape index (κ2) is 8.34. The molecule has 1 unspecified atom stereocenters. The largest absolute Gasteiger partial charge is 0.472 e. The quantitative estimate of drug-likeness (QED) is 0.432. The second-order valence-electron chi connectivity index (χ2n) is 5.84. The summed E-state index contributed by atoms with van der Waals surface area (Å²) < 4.78 is 39.0. The van der Waals surface area contributed by atoms with E-state index < -0.39 is 50.8 Å². The predicted molar refractivity (Wildman–Crippen MR) is 92.2 cm³/mol. The number of phosphoric ester groups is 1. The van der Waals surface area contributed by atoms with Gasteiger partial charge in [-0.2, -0.15) is 0 Å². The molecule has 0 spiro atoms. The Kier molecular flexibility index (Phi) is 6.77. The number of methoxy groups -OCH3 is 1. The minimum atomic E-state index is -4.49. The number of rotatable bonds is 7. The molecule has 1 saturated carbocycles. The first kappa shape index (κ1) is 21.9. The number of phosphoric acid groups is 1. The lowest BCUT2D eigenvalue weighted by atomic mass is 10.1. The lowest BCUT2D eigenvalue weighted by molar-refractivity contribution is -0.0198. The molecule has 2 rings (SSSR count). The zero-order valence-electron chi connectivity index (χ0n) is 14.4. The molecule has 1 aromatic heterocycles. The first-order valence-electron chi connectivity index (χ1n) is 7.63. The van der Waals surface area contributed by atoms with Gasteiger partial charge in [-0.3, -0.25) is 28.0 Å². The van der Waals surface area contributed by atoms with E-state index in [-0.39, 0.29) is 6.42 Å². The number of ether oxygens (including phenoxy) is 1. The van der Waals surface area contributed by atoms with Crippen LogP contribution in [0.4, 0.5) is 0 Å². The molecule has 0 saturated heterocycles. The standard InChI is InChI=1S/C13H20N2O10P2/c1-23-12-9(15-5-3-10(16)14-13(15)17)7-8(4-6-26(18,19)20)11(12)25-27(21,22)24-2/h3-6,8-9,11-12H,7H2,1-2H3,(H,21,22)(H,14,16,17)(H2,18,19,20)/b6-4+/t8-,9+,11+,12-/m0/s1. The van der Waals surface area contributed by atoms with E-state index in [1.807, 2.05) is 0 Å². The number of nitrogens with one attached hydrogen (secondary N) is 1. The van der Waals surface area contributed by atoms with Crippen LogP contribution in [0.1, 0.15) is 12.5 Å². The third kappa shape index (κ3) is 5.56. The van der Waals surface area contributed by atoms with Gasteiger partial charge in [0.25, 0.3) is 5.56 Å². The van der Waals surface area contributed by atoms with E-state index in [9.17, 15) is 23.6 Å². The van der Waals surface area contributed by atoms with E-state index in [1.54, 1.807) is 0 Å². The van der Waals surface area contributed by atoms with E-state index in [4.69, 9.17) is 19.0 Å². The van der Waals surface area contributed by atoms with Gasteiger partial charge in [0.1, 0.15) is 12.2 Å². The van der Waals surface area contributed by atoms with Crippen LogP contribution in [-0.4, -0.2) is 50.7 Å². The summed E-state index contributed by atoms with van der Waals surface area (Å²) in [7, 11) is -6.71. The monoisotopic (exact) mass is 426 g/mol. The van der Waals surface area contributed by atoms with Gasteiger partial charge >= 0.3 is 21.1 Å². The third-order valence-electron chi connectivity index (χ3n) is 4.13. The maximum atomic E-state index is 12.1. The lowest BCUT2D eigenvalue weighted by Gasteiger charge is -2.26. The molecule has 0 radical (unpaired) electrons. The maximum Gasteiger partial charge on any atom is 0.472 e. The smallest absolute Gasteiger partial charge is 0.377 e. The highest BCUT2D eigenvalue weighted by Gasteiger charge is 2.48. The number of hydrogen-bond acceptors (Lipinski definition) is 7. The molecule has 1 heterocycles. The van der Waals surface area contributed by atoms with Crippen LogP contribution in [0.15, 0.2) is 33.7 Å². The van der Waals surface area contributed by atoms with Gasteiger partial charge in [0.05, 0.1) is 6.04 Å². The van der Waals surface area contributed by atoms with Gasteiger partial charge in [0.2, 0.25) is 0 Å². The Bertz CT molecular complexity index is 903. The number of H-pyrrole nitrogens is 1. The van der Waals surface area contributed by atoms with Crippen molar-refractivity contribution in [2.45, 2.75) is 24.7 Å². The molecule has 5 atom stereocenters. The zero-order valence-corrected chi connectivity index (χ0v) is 16.2. The van der Waals surface area contributed by atoms with Gasteiger partial charge in [0, 0.05) is 38.2 Å². The maximum absolute atomic E-state index is 12.1. The van der Waals surface area contributed by atoms with E-state index in [2.05, 4.69) is 9.51 Å². The van der Waals surface area contributed by atoms with Gasteiger partial charge in [-0.25, -0.2) is 9.36 Å². The fraction of sp³-hybridized carbons (Fsp3) is 0.538. The summed E-state index contributed by atoms with van der Waals surface area (Å²) in [4.78, 5) is 53.2. The molecule has 152 valence electrons. The van der Waals surface area contributed by atoms with Crippen molar-refractivity contribution in [1.29, 1.82) is 0 Å². The van der Waals surface area contributed by atoms with Gasteiger partial charge in [0.15, 0.2) is 0 Å². The summed E-state index contributed by atoms with van der Waals surface area (Å²) in [5, 5.41) is 0. The van der Waals surface area contributed by atoms with E-state index in [0.29, 0.717) is 5.82 Å². The van der Waals surface area contributed by atoms with Gasteiger partial charge in [-0.15, -0.1) is 0 Å². The SMILES string of the molecule is CO[C@@H]1[C@H](OP(=O)(O)OC)[C@@H](/C=C/P(=O)(O)O)C[C@H]1n1ccc(=O)[nH]c1=O. The van der Waals surface area contributed by atoms with Crippen molar-refractivity contribution in [1.82, 2.24) is 9.55 Å². The predicted octanol–water partition coefficient (Wildman–Crippen LogP) is -0.0640. The number of hydrogen-bond donors (Lipinski definition) is 4. The summed E-state index contributed by atoms with van der Waals surface area (Å²) >= 11 is 0. The molecule has 0 bridgehead atoms. The molecule has 14 heteroatoms. The first-order valence-corrected chi connectivity index (χ1v) is 10.8. The lowest BCUT2D eigenvalue weighted by Crippen LogP contribution is -2.38. The van der Waals surface area contributed by atoms with Crippen molar-refractivity contribution in [3.8, 4) is 0 Å². The zero-order chi connectivity index (χ0) is 20.4. The van der Waals surface area contributed by atoms with Crippen LogP contribution in [0, 0.1) is 5.92 Å². The highest BCUT2D eigenvalue weighted by atomic mass is 31.2. The Morgan fingerprint density at radius 3 is 2.41 bits per heavy atom. The highest BCUT2D eigenvalue weighted by molar-refractivity contribution is 7.55. The van der Waals surface area contributed by atoms with Crippen LogP contribution in [0.25, 0.3) is 0 Å². The number of aromatic nitrogens is 2. The van der Waals surface area contributed by atoms with Gasteiger partial charge in [-0.1, -0.05) is 6.08 Å². The number of aromatic amines is 1. The minimum Gasteiger partial charge on any atom is -0.377 e. The Hall–Kier alpha value is -1.36. The normalized spacial score (nSPS) is 28.5. The van der Waals surface area contributed by atoms with Crippen molar-refractivity contribution in [3.63, 3.8) is 0 Å². The van der Waals surface area contributed by atoms with Crippen LogP contribution in [0.2, 0.25) is 0 Å². The molecule has 0 amide bonds. The third-order valence-corrected chi connectivity index (χ3v) is 5.66. The molecular weight excluding hydrogens is 406 g/mol. The molecule has 1 aromatic rings. The molecule has 4 N–H and O–H groups in total. The fourth-order valence-corrected chi connectivity index (χ4v) is 4.12. The molecule has 0 aromatic carbocycles. The molecular formula is C13H20N2O10P2. The van der Waals surface area contributed by atoms with E-state index >= 15 is 0 Å². The molecule has 27 heavy (non-hydrogen) atoms. The van der Waals surface area contributed by atoms with Crippen LogP contribution >= 0.6 is 15.4 Å². The summed E-state index contributed by atoms with van der Waals surface area (Å²) in [6.45, 7) is 0. The Morgan fingerprint density at radius 1 is 1.22 bits per heavy atom. The van der Waals surface area contributed by atoms with Gasteiger partial charge < -0.3 is 19.4 Å². The Morgan fingerprint density at radius 2 is 1.89 bits per heavy atom. The van der Waals surface area contributed by atoms with Crippen molar-refractivity contribution in [3.05, 3.63) is 45.0 Å². The second-order valence-corrected chi connectivity index (χ2v) is 8.83. The molecule has 12 nitrogen and oxygen atoms in total. The fourth-order valence-electron chi connectivity index (χ4n) is 3.01. The van der Waals surface area contributed by atoms with Crippen molar-refractivity contribution >= 4 is 15.4 Å². The van der Waals surface area contributed by atoms with Crippen molar-refractivity contribution < 1.29 is 37.6 Å². The van der Waals surface area contributed by atoms with E-state index in [1.165, 1.54) is 13.3 Å². The minimum absolute atomic E-state index is 0.0787. The summed E-state index contributed by atoms with van der Waals surface area (Å²) in [6.07, 6.45) is 0.353. The molecule has 0 aliphatic heterocycles. The molecule has 1 fully saturated rings. The molecule has 1 aliphatic rings. The topological polar surface area (TPSA) is 177 Å². The van der Waals surface area contributed by atoms with Crippen LogP contribution < -0.4 is 11.2 Å². The average Bonchev–Trinajstić information content (AvgIpc) is 2.89. The first-order chi connectivity index (χ1) is 12.5. The van der Waals surface area contributed by atoms with Crippen LogP contribution in [0.5, 0.6) is 0 Å². The molecule has 1 aliphatic carbocycles. The van der Waals surface area contributed by atoms with Crippen LogP contribution in [0.3, 0.4) is 0 Å². The Balaban J connectivity index is 2.46. The van der Waals surface area contributed by atoms with Gasteiger partial charge in [-0.05, 0) is 6.42 Å². The Labute approximate surface area is 153 Å². The number of nitrogens with zero attached hydrogens (tertiary/aromatic N) is 1. The summed E-state index contributed by atoms with van der Waals surface area (Å²) in [5.41, 5.74) is -1.33. The van der Waals surface area contributed by atoms with E-state index in [0.717, 1.165) is 23.8 Å². The van der Waals surface area contributed by atoms with Crippen LogP contribution in [-0.2, 0) is 22.9 Å². The summed E-state index contributed by atoms with van der Waals surface area (Å²) in [6, 6.07) is 0.377.